The molecule has 0 saturated carbocycles. The normalized spacial score (nSPS) is 14.3. The third kappa shape index (κ3) is 4.30. The number of imide groups is 1. The van der Waals surface area contributed by atoms with E-state index in [0.29, 0.717) is 35.6 Å². The van der Waals surface area contributed by atoms with Crippen molar-refractivity contribution in [3.05, 3.63) is 83.8 Å². The van der Waals surface area contributed by atoms with Crippen molar-refractivity contribution in [3.8, 4) is 17.2 Å². The Morgan fingerprint density at radius 3 is 2.61 bits per heavy atom. The number of benzene rings is 2. The lowest BCUT2D eigenvalue weighted by molar-refractivity contribution is -0.114. The molecule has 1 aromatic heterocycles. The average molecular weight is 417 g/mol. The summed E-state index contributed by atoms with van der Waals surface area (Å²) in [4.78, 5) is 24.8. The molecule has 2 aromatic carbocycles. The summed E-state index contributed by atoms with van der Waals surface area (Å²) in [7, 11) is 0. The van der Waals surface area contributed by atoms with E-state index in [0.717, 1.165) is 17.7 Å². The second-order valence-corrected chi connectivity index (χ2v) is 7.19. The van der Waals surface area contributed by atoms with E-state index in [1.54, 1.807) is 24.4 Å². The van der Waals surface area contributed by atoms with Crippen LogP contribution in [0.1, 0.15) is 34.8 Å². The van der Waals surface area contributed by atoms with Gasteiger partial charge in [-0.3, -0.25) is 14.9 Å². The fraction of sp³-hybridized carbons (Fsp3) is 0.167. The number of aromatic hydroxyl groups is 1. The number of nitrogens with one attached hydrogen (secondary N) is 2. The van der Waals surface area contributed by atoms with Gasteiger partial charge in [0.25, 0.3) is 11.8 Å². The van der Waals surface area contributed by atoms with Crippen LogP contribution in [-0.4, -0.2) is 28.1 Å². The SMILES string of the molecule is CCCOc1ccc(CN/C=C2\C(=O)NC(=O)c3ccc(-n4cccc4)cc32)cc1O. The van der Waals surface area contributed by atoms with Gasteiger partial charge in [-0.2, -0.15) is 0 Å². The topological polar surface area (TPSA) is 92.6 Å². The number of rotatable bonds is 7. The molecule has 1 aliphatic rings. The number of hydrogen-bond acceptors (Lipinski definition) is 5. The molecule has 0 aliphatic carbocycles. The number of phenolic OH excluding ortho intramolecular Hbond substituents is 1. The summed E-state index contributed by atoms with van der Waals surface area (Å²) in [6, 6.07) is 14.4. The number of aromatic nitrogens is 1. The molecule has 31 heavy (non-hydrogen) atoms. The summed E-state index contributed by atoms with van der Waals surface area (Å²) in [6.07, 6.45) is 6.25. The van der Waals surface area contributed by atoms with Gasteiger partial charge in [0.05, 0.1) is 12.2 Å². The molecule has 2 amide bonds. The second-order valence-electron chi connectivity index (χ2n) is 7.19. The fourth-order valence-electron chi connectivity index (χ4n) is 3.40. The first-order valence-corrected chi connectivity index (χ1v) is 10.1. The fourth-order valence-corrected chi connectivity index (χ4v) is 3.40. The molecule has 0 fully saturated rings. The van der Waals surface area contributed by atoms with Crippen molar-refractivity contribution in [2.75, 3.05) is 6.61 Å². The number of phenols is 1. The maximum atomic E-state index is 12.5. The highest BCUT2D eigenvalue weighted by molar-refractivity contribution is 6.31. The number of fused-ring (bicyclic) bond motifs is 1. The van der Waals surface area contributed by atoms with Crippen LogP contribution in [0.3, 0.4) is 0 Å². The van der Waals surface area contributed by atoms with Gasteiger partial charge in [-0.1, -0.05) is 13.0 Å². The summed E-state index contributed by atoms with van der Waals surface area (Å²) >= 11 is 0. The molecule has 1 aliphatic heterocycles. The summed E-state index contributed by atoms with van der Waals surface area (Å²) < 4.78 is 7.39. The van der Waals surface area contributed by atoms with Crippen LogP contribution in [-0.2, 0) is 11.3 Å². The Hall–Kier alpha value is -4.00. The Kier molecular flexibility index (Phi) is 5.75. The molecule has 158 valence electrons. The zero-order valence-corrected chi connectivity index (χ0v) is 17.1. The Balaban J connectivity index is 1.56. The first-order chi connectivity index (χ1) is 15.1. The van der Waals surface area contributed by atoms with Crippen LogP contribution < -0.4 is 15.4 Å². The molecule has 7 heteroatoms. The minimum absolute atomic E-state index is 0.0723. The predicted molar refractivity (Wildman–Crippen MR) is 117 cm³/mol. The summed E-state index contributed by atoms with van der Waals surface area (Å²) in [5, 5.41) is 15.6. The van der Waals surface area contributed by atoms with Crippen molar-refractivity contribution in [1.82, 2.24) is 15.2 Å². The molecular formula is C24H23N3O4. The quantitative estimate of drug-likeness (QED) is 0.405. The molecule has 4 rings (SSSR count). The molecule has 0 bridgehead atoms. The molecule has 0 unspecified atom stereocenters. The van der Waals surface area contributed by atoms with Crippen molar-refractivity contribution >= 4 is 17.4 Å². The summed E-state index contributed by atoms with van der Waals surface area (Å²) in [5.74, 6) is -0.353. The molecule has 0 radical (unpaired) electrons. The van der Waals surface area contributed by atoms with Crippen LogP contribution >= 0.6 is 0 Å². The lowest BCUT2D eigenvalue weighted by atomic mass is 9.95. The molecule has 0 saturated heterocycles. The van der Waals surface area contributed by atoms with E-state index in [4.69, 9.17) is 4.74 Å². The van der Waals surface area contributed by atoms with Crippen LogP contribution in [0.4, 0.5) is 0 Å². The third-order valence-electron chi connectivity index (χ3n) is 4.95. The average Bonchev–Trinajstić information content (AvgIpc) is 3.30. The van der Waals surface area contributed by atoms with Crippen LogP contribution in [0, 0.1) is 0 Å². The van der Waals surface area contributed by atoms with Crippen LogP contribution in [0.2, 0.25) is 0 Å². The lowest BCUT2D eigenvalue weighted by Crippen LogP contribution is -2.37. The van der Waals surface area contributed by atoms with Gasteiger partial charge in [0.1, 0.15) is 0 Å². The number of amides is 2. The van der Waals surface area contributed by atoms with Gasteiger partial charge in [-0.05, 0) is 54.4 Å². The van der Waals surface area contributed by atoms with Gasteiger partial charge < -0.3 is 19.7 Å². The largest absolute Gasteiger partial charge is 0.504 e. The van der Waals surface area contributed by atoms with E-state index in [-0.39, 0.29) is 5.75 Å². The van der Waals surface area contributed by atoms with Crippen molar-refractivity contribution in [2.24, 2.45) is 0 Å². The van der Waals surface area contributed by atoms with E-state index in [2.05, 4.69) is 10.6 Å². The van der Waals surface area contributed by atoms with E-state index in [1.165, 1.54) is 0 Å². The Morgan fingerprint density at radius 2 is 1.87 bits per heavy atom. The van der Waals surface area contributed by atoms with Crippen molar-refractivity contribution in [3.63, 3.8) is 0 Å². The first kappa shape index (κ1) is 20.3. The van der Waals surface area contributed by atoms with Gasteiger partial charge in [0, 0.05) is 42.0 Å². The van der Waals surface area contributed by atoms with E-state index < -0.39 is 11.8 Å². The summed E-state index contributed by atoms with van der Waals surface area (Å²) in [5.41, 5.74) is 3.06. The van der Waals surface area contributed by atoms with Crippen molar-refractivity contribution < 1.29 is 19.4 Å². The highest BCUT2D eigenvalue weighted by Crippen LogP contribution is 2.28. The molecule has 3 N–H and O–H groups in total. The highest BCUT2D eigenvalue weighted by atomic mass is 16.5. The minimum Gasteiger partial charge on any atom is -0.504 e. The Morgan fingerprint density at radius 1 is 1.06 bits per heavy atom. The Labute approximate surface area is 180 Å². The standard InChI is InChI=1S/C24H23N3O4/c1-2-11-31-22-8-5-16(12-21(22)28)14-25-15-20-19-13-17(27-9-3-4-10-27)6-7-18(19)23(29)26-24(20)30/h3-10,12-13,15,25,28H,2,11,14H2,1H3,(H,26,29,30)/b20-15-. The van der Waals surface area contributed by atoms with Gasteiger partial charge in [0.15, 0.2) is 11.5 Å². The van der Waals surface area contributed by atoms with Crippen molar-refractivity contribution in [2.45, 2.75) is 19.9 Å². The second kappa shape index (κ2) is 8.79. The number of nitrogens with zero attached hydrogens (tertiary/aromatic N) is 1. The highest BCUT2D eigenvalue weighted by Gasteiger charge is 2.27. The molecule has 0 atom stereocenters. The van der Waals surface area contributed by atoms with E-state index in [1.807, 2.05) is 54.2 Å². The van der Waals surface area contributed by atoms with Gasteiger partial charge in [-0.15, -0.1) is 0 Å². The Bertz CT molecular complexity index is 1150. The van der Waals surface area contributed by atoms with Crippen LogP contribution in [0.5, 0.6) is 11.5 Å². The maximum absolute atomic E-state index is 12.5. The van der Waals surface area contributed by atoms with Crippen molar-refractivity contribution in [1.29, 1.82) is 0 Å². The number of ether oxygens (including phenoxy) is 1. The molecular weight excluding hydrogens is 394 g/mol. The number of carbonyl (C=O) groups excluding carboxylic acids is 2. The summed E-state index contributed by atoms with van der Waals surface area (Å²) in [6.45, 7) is 2.92. The number of hydrogen-bond donors (Lipinski definition) is 3. The molecule has 0 spiro atoms. The predicted octanol–water partition coefficient (Wildman–Crippen LogP) is 3.37. The van der Waals surface area contributed by atoms with Crippen LogP contribution in [0.25, 0.3) is 11.3 Å². The van der Waals surface area contributed by atoms with Gasteiger partial charge in [0.2, 0.25) is 0 Å². The maximum Gasteiger partial charge on any atom is 0.260 e. The minimum atomic E-state index is -0.458. The zero-order valence-electron chi connectivity index (χ0n) is 17.1. The zero-order chi connectivity index (χ0) is 21.8. The van der Waals surface area contributed by atoms with E-state index >= 15 is 0 Å². The lowest BCUT2D eigenvalue weighted by Gasteiger charge is -2.19. The van der Waals surface area contributed by atoms with Gasteiger partial charge in [-0.25, -0.2) is 0 Å². The third-order valence-corrected chi connectivity index (χ3v) is 4.95. The van der Waals surface area contributed by atoms with Crippen LogP contribution in [0.15, 0.2) is 67.1 Å². The van der Waals surface area contributed by atoms with Gasteiger partial charge >= 0.3 is 0 Å². The van der Waals surface area contributed by atoms with E-state index in [9.17, 15) is 14.7 Å². The smallest absolute Gasteiger partial charge is 0.260 e. The molecule has 2 heterocycles. The monoisotopic (exact) mass is 417 g/mol. The number of carbonyl (C=O) groups is 2. The molecule has 3 aromatic rings. The molecule has 7 nitrogen and oxygen atoms in total. The first-order valence-electron chi connectivity index (χ1n) is 10.1.